The van der Waals surface area contributed by atoms with E-state index in [4.69, 9.17) is 4.74 Å². The number of hydrogen-bond donors (Lipinski definition) is 1. The van der Waals surface area contributed by atoms with Crippen molar-refractivity contribution in [2.24, 2.45) is 0 Å². The number of allylic oxidation sites excluding steroid dienone is 1. The van der Waals surface area contributed by atoms with E-state index in [1.54, 1.807) is 0 Å². The topological polar surface area (TPSA) is 61.4 Å². The van der Waals surface area contributed by atoms with Crippen molar-refractivity contribution in [3.8, 4) is 0 Å². The summed E-state index contributed by atoms with van der Waals surface area (Å²) in [7, 11) is 1.37. The lowest BCUT2D eigenvalue weighted by Gasteiger charge is -2.36. The SMILES string of the molecule is C=CCC[C@@](CC)(CC(=O)OC)N[S+]([O-])C(C)(C)C. The van der Waals surface area contributed by atoms with Gasteiger partial charge < -0.3 is 9.29 Å². The van der Waals surface area contributed by atoms with Gasteiger partial charge in [-0.2, -0.15) is 0 Å². The molecule has 0 aromatic rings. The predicted molar refractivity (Wildman–Crippen MR) is 80.1 cm³/mol. The second kappa shape index (κ2) is 7.92. The molecule has 4 nitrogen and oxygen atoms in total. The van der Waals surface area contributed by atoms with Crippen LogP contribution in [0.25, 0.3) is 0 Å². The van der Waals surface area contributed by atoms with E-state index in [0.29, 0.717) is 12.8 Å². The molecule has 0 aliphatic heterocycles. The van der Waals surface area contributed by atoms with Gasteiger partial charge in [-0.25, -0.2) is 0 Å². The van der Waals surface area contributed by atoms with Crippen molar-refractivity contribution in [2.75, 3.05) is 7.11 Å². The molecule has 0 radical (unpaired) electrons. The van der Waals surface area contributed by atoms with Crippen molar-refractivity contribution in [1.29, 1.82) is 0 Å². The van der Waals surface area contributed by atoms with Crippen molar-refractivity contribution < 1.29 is 14.1 Å². The third-order valence-electron chi connectivity index (χ3n) is 3.08. The molecule has 0 aromatic carbocycles. The normalized spacial score (nSPS) is 16.5. The Kier molecular flexibility index (Phi) is 7.71. The zero-order chi connectivity index (χ0) is 15.1. The van der Waals surface area contributed by atoms with Crippen LogP contribution >= 0.6 is 0 Å². The molecule has 0 aromatic heterocycles. The van der Waals surface area contributed by atoms with E-state index in [1.165, 1.54) is 7.11 Å². The van der Waals surface area contributed by atoms with Crippen LogP contribution in [0.4, 0.5) is 0 Å². The van der Waals surface area contributed by atoms with E-state index >= 15 is 0 Å². The summed E-state index contributed by atoms with van der Waals surface area (Å²) >= 11 is -1.22. The van der Waals surface area contributed by atoms with E-state index in [2.05, 4.69) is 11.3 Å². The highest BCUT2D eigenvalue weighted by molar-refractivity contribution is 7.90. The van der Waals surface area contributed by atoms with Crippen molar-refractivity contribution >= 4 is 17.3 Å². The maximum Gasteiger partial charge on any atom is 0.307 e. The number of hydrogen-bond acceptors (Lipinski definition) is 4. The molecule has 0 amide bonds. The van der Waals surface area contributed by atoms with Crippen LogP contribution in [0.15, 0.2) is 12.7 Å². The fraction of sp³-hybridized carbons (Fsp3) is 0.786. The monoisotopic (exact) mass is 289 g/mol. The molecule has 5 heteroatoms. The van der Waals surface area contributed by atoms with Crippen LogP contribution < -0.4 is 4.72 Å². The van der Waals surface area contributed by atoms with Crippen LogP contribution in [-0.4, -0.2) is 27.9 Å². The Morgan fingerprint density at radius 3 is 2.42 bits per heavy atom. The quantitative estimate of drug-likeness (QED) is 0.424. The number of carbonyl (C=O) groups excluding carboxylic acids is 1. The molecule has 0 heterocycles. The first-order chi connectivity index (χ1) is 8.70. The average molecular weight is 289 g/mol. The van der Waals surface area contributed by atoms with Crippen molar-refractivity contribution in [1.82, 2.24) is 4.72 Å². The molecule has 0 spiro atoms. The summed E-state index contributed by atoms with van der Waals surface area (Å²) < 4.78 is 19.8. The highest BCUT2D eigenvalue weighted by Gasteiger charge is 2.39. The van der Waals surface area contributed by atoms with Crippen molar-refractivity contribution in [3.05, 3.63) is 12.7 Å². The van der Waals surface area contributed by atoms with Gasteiger partial charge in [-0.3, -0.25) is 4.79 Å². The van der Waals surface area contributed by atoms with Gasteiger partial charge in [0.25, 0.3) is 0 Å². The maximum absolute atomic E-state index is 12.3. The van der Waals surface area contributed by atoms with Gasteiger partial charge in [0.05, 0.1) is 19.1 Å². The van der Waals surface area contributed by atoms with Crippen LogP contribution in [0, 0.1) is 0 Å². The van der Waals surface area contributed by atoms with E-state index in [1.807, 2.05) is 33.8 Å². The highest BCUT2D eigenvalue weighted by atomic mass is 32.2. The average Bonchev–Trinajstić information content (AvgIpc) is 2.34. The largest absolute Gasteiger partial charge is 0.598 e. The summed E-state index contributed by atoms with van der Waals surface area (Å²) in [6, 6.07) is 0. The van der Waals surface area contributed by atoms with E-state index in [-0.39, 0.29) is 17.1 Å². The minimum atomic E-state index is -1.22. The number of esters is 1. The second-order valence-electron chi connectivity index (χ2n) is 5.70. The van der Waals surface area contributed by atoms with Gasteiger partial charge in [-0.05, 0) is 40.0 Å². The lowest BCUT2D eigenvalue weighted by Crippen LogP contribution is -2.54. The zero-order valence-electron chi connectivity index (χ0n) is 12.7. The molecule has 0 bridgehead atoms. The maximum atomic E-state index is 12.3. The van der Waals surface area contributed by atoms with Gasteiger partial charge >= 0.3 is 5.97 Å². The lowest BCUT2D eigenvalue weighted by molar-refractivity contribution is -0.142. The minimum Gasteiger partial charge on any atom is -0.598 e. The Hall–Kier alpha value is -0.520. The van der Waals surface area contributed by atoms with Gasteiger partial charge in [0.2, 0.25) is 0 Å². The first-order valence-corrected chi connectivity index (χ1v) is 7.73. The third-order valence-corrected chi connectivity index (χ3v) is 4.81. The Balaban J connectivity index is 5.00. The molecule has 1 N–H and O–H groups in total. The Morgan fingerprint density at radius 2 is 2.05 bits per heavy atom. The molecule has 0 aliphatic rings. The number of ether oxygens (including phenoxy) is 1. The van der Waals surface area contributed by atoms with Gasteiger partial charge in [0, 0.05) is 11.4 Å². The summed E-state index contributed by atoms with van der Waals surface area (Å²) in [4.78, 5) is 11.6. The first-order valence-electron chi connectivity index (χ1n) is 6.58. The van der Waals surface area contributed by atoms with E-state index in [0.717, 1.165) is 6.42 Å². The molecule has 19 heavy (non-hydrogen) atoms. The molecular weight excluding hydrogens is 262 g/mol. The van der Waals surface area contributed by atoms with Gasteiger partial charge in [0.15, 0.2) is 0 Å². The molecule has 0 aliphatic carbocycles. The molecule has 0 saturated carbocycles. The smallest absolute Gasteiger partial charge is 0.307 e. The van der Waals surface area contributed by atoms with Gasteiger partial charge in [0.1, 0.15) is 4.75 Å². The first kappa shape index (κ1) is 18.5. The molecule has 0 saturated heterocycles. The van der Waals surface area contributed by atoms with Gasteiger partial charge in [-0.15, -0.1) is 11.3 Å². The molecule has 1 unspecified atom stereocenters. The van der Waals surface area contributed by atoms with Crippen LogP contribution in [0.5, 0.6) is 0 Å². The minimum absolute atomic E-state index is 0.218. The highest BCUT2D eigenvalue weighted by Crippen LogP contribution is 2.27. The molecule has 112 valence electrons. The van der Waals surface area contributed by atoms with Crippen LogP contribution in [-0.2, 0) is 20.9 Å². The van der Waals surface area contributed by atoms with Crippen LogP contribution in [0.1, 0.15) is 53.4 Å². The summed E-state index contributed by atoms with van der Waals surface area (Å²) in [6.07, 6.45) is 4.21. The second-order valence-corrected chi connectivity index (χ2v) is 7.66. The molecular formula is C14H27NO3S. The summed E-state index contributed by atoms with van der Waals surface area (Å²) in [5.74, 6) is -0.288. The number of rotatable bonds is 8. The Labute approximate surface area is 120 Å². The van der Waals surface area contributed by atoms with Crippen LogP contribution in [0.3, 0.4) is 0 Å². The van der Waals surface area contributed by atoms with Crippen molar-refractivity contribution in [2.45, 2.75) is 63.7 Å². The third kappa shape index (κ3) is 6.45. The summed E-state index contributed by atoms with van der Waals surface area (Å²) in [5.41, 5.74) is -0.501. The zero-order valence-corrected chi connectivity index (χ0v) is 13.6. The van der Waals surface area contributed by atoms with E-state index < -0.39 is 16.9 Å². The van der Waals surface area contributed by atoms with Crippen molar-refractivity contribution in [3.63, 3.8) is 0 Å². The predicted octanol–water partition coefficient (Wildman–Crippen LogP) is 2.72. The number of methoxy groups -OCH3 is 1. The van der Waals surface area contributed by atoms with E-state index in [9.17, 15) is 9.35 Å². The van der Waals surface area contributed by atoms with Gasteiger partial charge in [-0.1, -0.05) is 13.0 Å². The molecule has 0 rings (SSSR count). The molecule has 0 fully saturated rings. The van der Waals surface area contributed by atoms with Crippen LogP contribution in [0.2, 0.25) is 0 Å². The Morgan fingerprint density at radius 1 is 1.47 bits per heavy atom. The number of carbonyl (C=O) groups is 1. The summed E-state index contributed by atoms with van der Waals surface area (Å²) in [6.45, 7) is 11.4. The fourth-order valence-electron chi connectivity index (χ4n) is 1.63. The Bertz CT molecular complexity index is 302. The molecule has 2 atom stereocenters. The number of nitrogens with one attached hydrogen (secondary N) is 1. The fourth-order valence-corrected chi connectivity index (χ4v) is 2.64. The lowest BCUT2D eigenvalue weighted by atomic mass is 9.88. The standard InChI is InChI=1S/C14H27NO3S/c1-7-9-10-14(8-2,11-12(16)18-6)15-19(17)13(3,4)5/h7,15H,1,8-11H2,2-6H3/t14-,19?/m0/s1. The summed E-state index contributed by atoms with van der Waals surface area (Å²) in [5, 5.41) is 0.